The highest BCUT2D eigenvalue weighted by molar-refractivity contribution is 7.86. The molecule has 1 aliphatic rings. The lowest BCUT2D eigenvalue weighted by Gasteiger charge is -2.34. The molecule has 2 rings (SSSR count). The molecule has 1 N–H and O–H groups in total. The Balaban J connectivity index is 2.29. The zero-order valence-electron chi connectivity index (χ0n) is 11.8. The maximum atomic E-state index is 12.2. The van der Waals surface area contributed by atoms with Crippen LogP contribution < -0.4 is 5.32 Å². The fourth-order valence-corrected chi connectivity index (χ4v) is 3.34. The van der Waals surface area contributed by atoms with Crippen molar-refractivity contribution in [1.82, 2.24) is 23.7 Å². The molecule has 112 valence electrons. The number of hydrogen-bond acceptors (Lipinski definition) is 4. The van der Waals surface area contributed by atoms with Gasteiger partial charge in [0.15, 0.2) is 0 Å². The van der Waals surface area contributed by atoms with Gasteiger partial charge in [-0.2, -0.15) is 22.1 Å². The van der Waals surface area contributed by atoms with Gasteiger partial charge in [-0.05, 0) is 6.07 Å². The van der Waals surface area contributed by atoms with Gasteiger partial charge in [0.2, 0.25) is 5.91 Å². The summed E-state index contributed by atoms with van der Waals surface area (Å²) in [6.45, 7) is 0.507. The number of aromatic nitrogens is 2. The molecular weight excluding hydrogens is 282 g/mol. The first-order valence-corrected chi connectivity index (χ1v) is 7.66. The van der Waals surface area contributed by atoms with Crippen LogP contribution in [0.2, 0.25) is 0 Å². The third-order valence-corrected chi connectivity index (χ3v) is 5.19. The van der Waals surface area contributed by atoms with Gasteiger partial charge in [0.1, 0.15) is 0 Å². The highest BCUT2D eigenvalue weighted by atomic mass is 32.2. The molecule has 1 aromatic rings. The smallest absolute Gasteiger partial charge is 0.281 e. The van der Waals surface area contributed by atoms with Crippen LogP contribution in [0.3, 0.4) is 0 Å². The van der Waals surface area contributed by atoms with Gasteiger partial charge in [-0.25, -0.2) is 0 Å². The van der Waals surface area contributed by atoms with Crippen LogP contribution in [0.4, 0.5) is 0 Å². The van der Waals surface area contributed by atoms with Crippen LogP contribution in [-0.2, 0) is 21.5 Å². The molecule has 0 spiro atoms. The second kappa shape index (κ2) is 5.51. The number of rotatable bonds is 4. The van der Waals surface area contributed by atoms with Crippen LogP contribution in [-0.4, -0.2) is 60.4 Å². The predicted octanol–water partition coefficient (Wildman–Crippen LogP) is -0.818. The molecule has 0 bridgehead atoms. The van der Waals surface area contributed by atoms with Gasteiger partial charge in [-0.1, -0.05) is 0 Å². The van der Waals surface area contributed by atoms with Crippen LogP contribution >= 0.6 is 0 Å². The Morgan fingerprint density at radius 1 is 1.55 bits per heavy atom. The number of fused-ring (bicyclic) bond motifs is 1. The van der Waals surface area contributed by atoms with Gasteiger partial charge in [-0.3, -0.25) is 9.48 Å². The number of carbonyl (C=O) groups is 1. The van der Waals surface area contributed by atoms with Crippen molar-refractivity contribution in [2.45, 2.75) is 19.0 Å². The molecule has 2 heterocycles. The molecular formula is C11H19N5O3S. The molecule has 0 saturated heterocycles. The number of nitrogens with one attached hydrogen (secondary N) is 1. The van der Waals surface area contributed by atoms with Crippen molar-refractivity contribution in [2.75, 3.05) is 27.7 Å². The topological polar surface area (TPSA) is 87.5 Å². The third-order valence-electron chi connectivity index (χ3n) is 3.34. The van der Waals surface area contributed by atoms with Gasteiger partial charge < -0.3 is 5.32 Å². The zero-order valence-corrected chi connectivity index (χ0v) is 12.6. The summed E-state index contributed by atoms with van der Waals surface area (Å²) in [6.07, 6.45) is 1.82. The first-order valence-electron chi connectivity index (χ1n) is 6.27. The van der Waals surface area contributed by atoms with Crippen molar-refractivity contribution >= 4 is 16.1 Å². The van der Waals surface area contributed by atoms with E-state index in [1.165, 1.54) is 22.7 Å². The molecule has 1 aliphatic heterocycles. The van der Waals surface area contributed by atoms with E-state index in [1.54, 1.807) is 24.0 Å². The van der Waals surface area contributed by atoms with E-state index in [9.17, 15) is 13.2 Å². The van der Waals surface area contributed by atoms with Crippen LogP contribution in [0, 0.1) is 0 Å². The van der Waals surface area contributed by atoms with Gasteiger partial charge in [0.25, 0.3) is 10.2 Å². The summed E-state index contributed by atoms with van der Waals surface area (Å²) in [5, 5.41) is 6.74. The molecule has 0 saturated carbocycles. The Labute approximate surface area is 118 Å². The average molecular weight is 301 g/mol. The highest BCUT2D eigenvalue weighted by Gasteiger charge is 2.34. The Bertz CT molecular complexity index is 595. The Morgan fingerprint density at radius 3 is 2.85 bits per heavy atom. The molecule has 0 unspecified atom stereocenters. The standard InChI is InChI=1S/C11H19N5O3S/c1-12-11(17)6-10-8-15(20(18,19)14(2)3)7-9-4-5-13-16(9)10/h4-5,10H,6-8H2,1-3H3,(H,12,17)/t10-/m0/s1. The molecule has 1 atom stereocenters. The van der Waals surface area contributed by atoms with Crippen LogP contribution in [0.5, 0.6) is 0 Å². The summed E-state index contributed by atoms with van der Waals surface area (Å²) in [5.41, 5.74) is 0.788. The quantitative estimate of drug-likeness (QED) is 0.787. The molecule has 1 amide bonds. The minimum Gasteiger partial charge on any atom is -0.359 e. The summed E-state index contributed by atoms with van der Waals surface area (Å²) in [5.74, 6) is -0.138. The molecule has 8 nitrogen and oxygen atoms in total. The number of carbonyl (C=O) groups excluding carboxylic acids is 1. The molecule has 0 aliphatic carbocycles. The van der Waals surface area contributed by atoms with E-state index >= 15 is 0 Å². The second-order valence-corrected chi connectivity index (χ2v) is 7.02. The van der Waals surface area contributed by atoms with Gasteiger partial charge in [0, 0.05) is 33.9 Å². The Kier molecular flexibility index (Phi) is 4.11. The van der Waals surface area contributed by atoms with Gasteiger partial charge >= 0.3 is 0 Å². The van der Waals surface area contributed by atoms with E-state index < -0.39 is 10.2 Å². The lowest BCUT2D eigenvalue weighted by Crippen LogP contribution is -2.46. The Morgan fingerprint density at radius 2 is 2.25 bits per heavy atom. The van der Waals surface area contributed by atoms with Crippen LogP contribution in [0.15, 0.2) is 12.3 Å². The largest absolute Gasteiger partial charge is 0.359 e. The normalized spacial score (nSPS) is 19.9. The number of nitrogens with zero attached hydrogens (tertiary/aromatic N) is 4. The molecule has 0 radical (unpaired) electrons. The second-order valence-electron chi connectivity index (χ2n) is 4.88. The number of amides is 1. The summed E-state index contributed by atoms with van der Waals surface area (Å²) < 4.78 is 28.8. The van der Waals surface area contributed by atoms with E-state index in [4.69, 9.17) is 0 Å². The summed E-state index contributed by atoms with van der Waals surface area (Å²) in [6, 6.07) is 1.48. The molecule has 1 aromatic heterocycles. The number of hydrogen-bond donors (Lipinski definition) is 1. The van der Waals surface area contributed by atoms with E-state index in [-0.39, 0.29) is 31.5 Å². The van der Waals surface area contributed by atoms with Gasteiger partial charge in [0.05, 0.1) is 24.7 Å². The third kappa shape index (κ3) is 2.69. The zero-order chi connectivity index (χ0) is 14.9. The Hall–Kier alpha value is -1.45. The van der Waals surface area contributed by atoms with Crippen molar-refractivity contribution in [1.29, 1.82) is 0 Å². The van der Waals surface area contributed by atoms with Crippen molar-refractivity contribution in [3.05, 3.63) is 18.0 Å². The van der Waals surface area contributed by atoms with Crippen LogP contribution in [0.25, 0.3) is 0 Å². The summed E-state index contributed by atoms with van der Waals surface area (Å²) in [7, 11) is 1.05. The maximum absolute atomic E-state index is 12.2. The van der Waals surface area contributed by atoms with Crippen molar-refractivity contribution in [3.63, 3.8) is 0 Å². The maximum Gasteiger partial charge on any atom is 0.281 e. The van der Waals surface area contributed by atoms with Crippen molar-refractivity contribution in [2.24, 2.45) is 0 Å². The van der Waals surface area contributed by atoms with E-state index in [2.05, 4.69) is 10.4 Å². The monoisotopic (exact) mass is 301 g/mol. The molecule has 9 heteroatoms. The van der Waals surface area contributed by atoms with E-state index in [0.29, 0.717) is 0 Å². The molecule has 0 aromatic carbocycles. The first-order chi connectivity index (χ1) is 9.36. The minimum atomic E-state index is -3.50. The van der Waals surface area contributed by atoms with Crippen molar-refractivity contribution in [3.8, 4) is 0 Å². The predicted molar refractivity (Wildman–Crippen MR) is 73.0 cm³/mol. The fourth-order valence-electron chi connectivity index (χ4n) is 2.23. The van der Waals surface area contributed by atoms with E-state index in [0.717, 1.165) is 5.69 Å². The lowest BCUT2D eigenvalue weighted by molar-refractivity contribution is -0.121. The summed E-state index contributed by atoms with van der Waals surface area (Å²) >= 11 is 0. The fraction of sp³-hybridized carbons (Fsp3) is 0.636. The summed E-state index contributed by atoms with van der Waals surface area (Å²) in [4.78, 5) is 11.6. The lowest BCUT2D eigenvalue weighted by atomic mass is 10.1. The van der Waals surface area contributed by atoms with Crippen LogP contribution in [0.1, 0.15) is 18.2 Å². The molecule has 0 fully saturated rings. The highest BCUT2D eigenvalue weighted by Crippen LogP contribution is 2.25. The SMILES string of the molecule is CNC(=O)C[C@H]1CN(S(=O)(=O)N(C)C)Cc2ccnn21. The van der Waals surface area contributed by atoms with E-state index in [1.807, 2.05) is 0 Å². The first kappa shape index (κ1) is 14.9. The molecule has 20 heavy (non-hydrogen) atoms. The average Bonchev–Trinajstić information content (AvgIpc) is 2.86. The van der Waals surface area contributed by atoms with Crippen molar-refractivity contribution < 1.29 is 13.2 Å². The van der Waals surface area contributed by atoms with Gasteiger partial charge in [-0.15, -0.1) is 0 Å². The minimum absolute atomic E-state index is 0.138.